The molecule has 0 saturated carbocycles. The third kappa shape index (κ3) is 6.96. The molecule has 1 aromatic heterocycles. The second-order valence-corrected chi connectivity index (χ2v) is 13.8. The van der Waals surface area contributed by atoms with Crippen LogP contribution in [0.5, 0.6) is 0 Å². The van der Waals surface area contributed by atoms with Gasteiger partial charge in [0.1, 0.15) is 0 Å². The Morgan fingerprint density at radius 3 is 2.29 bits per heavy atom. The van der Waals surface area contributed by atoms with Gasteiger partial charge in [-0.15, -0.1) is 0 Å². The van der Waals surface area contributed by atoms with Gasteiger partial charge < -0.3 is 31.1 Å². The fourth-order valence-electron chi connectivity index (χ4n) is 6.69. The normalized spacial score (nSPS) is 28.1. The van der Waals surface area contributed by atoms with Crippen molar-refractivity contribution in [1.82, 2.24) is 20.9 Å². The molecule has 45 heavy (non-hydrogen) atoms. The highest BCUT2D eigenvalue weighted by Gasteiger charge is 2.45. The van der Waals surface area contributed by atoms with Crippen LogP contribution in [0.4, 0.5) is 0 Å². The van der Waals surface area contributed by atoms with E-state index in [0.717, 1.165) is 56.4 Å². The number of hydrogen-bond acceptors (Lipinski definition) is 7. The van der Waals surface area contributed by atoms with Gasteiger partial charge in [-0.1, -0.05) is 6.92 Å². The molecule has 10 nitrogen and oxygen atoms in total. The number of hydrogen-bond donors (Lipinski definition) is 7. The molecule has 0 bridgehead atoms. The van der Waals surface area contributed by atoms with Crippen LogP contribution in [0.1, 0.15) is 69.0 Å². The largest absolute Gasteiger partial charge is 0.481 e. The molecule has 5 atom stereocenters. The molecular formula is C33H40N4O6S2. The summed E-state index contributed by atoms with van der Waals surface area (Å²) in [7, 11) is 0. The lowest BCUT2D eigenvalue weighted by Gasteiger charge is -2.20. The van der Waals surface area contributed by atoms with E-state index < -0.39 is 11.9 Å². The van der Waals surface area contributed by atoms with E-state index in [9.17, 15) is 29.4 Å². The van der Waals surface area contributed by atoms with Gasteiger partial charge >= 0.3 is 11.9 Å². The van der Waals surface area contributed by atoms with Crippen LogP contribution in [-0.4, -0.2) is 62.0 Å². The Morgan fingerprint density at radius 1 is 0.978 bits per heavy atom. The summed E-state index contributed by atoms with van der Waals surface area (Å²) in [4.78, 5) is 51.8. The van der Waals surface area contributed by atoms with Crippen LogP contribution < -0.4 is 16.0 Å². The number of amides is 2. The van der Waals surface area contributed by atoms with Crippen LogP contribution in [0.25, 0.3) is 12.2 Å². The molecule has 5 heterocycles. The van der Waals surface area contributed by atoms with Gasteiger partial charge in [0.2, 0.25) is 5.91 Å². The molecule has 4 aliphatic rings. The Labute approximate surface area is 272 Å². The number of carboxylic acids is 2. The van der Waals surface area contributed by atoms with Gasteiger partial charge in [-0.2, -0.15) is 24.4 Å². The van der Waals surface area contributed by atoms with E-state index >= 15 is 0 Å². The average Bonchev–Trinajstić information content (AvgIpc) is 3.56. The molecule has 0 radical (unpaired) electrons. The Morgan fingerprint density at radius 2 is 1.64 bits per heavy atom. The molecule has 0 aromatic carbocycles. The summed E-state index contributed by atoms with van der Waals surface area (Å²) in [5, 5.41) is 30.6. The summed E-state index contributed by atoms with van der Waals surface area (Å²) < 4.78 is 0. The third-order valence-electron chi connectivity index (χ3n) is 9.42. The van der Waals surface area contributed by atoms with Crippen molar-refractivity contribution in [2.24, 2.45) is 11.8 Å². The minimum absolute atomic E-state index is 0.0126. The zero-order valence-corrected chi connectivity index (χ0v) is 27.5. The van der Waals surface area contributed by atoms with E-state index in [1.54, 1.807) is 11.5 Å². The summed E-state index contributed by atoms with van der Waals surface area (Å²) in [6.07, 6.45) is 6.73. The minimum atomic E-state index is -0.900. The summed E-state index contributed by atoms with van der Waals surface area (Å²) in [6, 6.07) is -0.338. The van der Waals surface area contributed by atoms with Gasteiger partial charge in [0.15, 0.2) is 0 Å². The number of aromatic nitrogens is 1. The molecule has 0 spiro atoms. The average molecular weight is 653 g/mol. The Hall–Kier alpha value is -3.64. The van der Waals surface area contributed by atoms with Crippen LogP contribution in [0.3, 0.4) is 0 Å². The number of nitrogens with one attached hydrogen (secondary N) is 4. The highest BCUT2D eigenvalue weighted by atomic mass is 32.2. The number of H-pyrrole nitrogens is 1. The van der Waals surface area contributed by atoms with Gasteiger partial charge in [-0.05, 0) is 91.5 Å². The second-order valence-electron chi connectivity index (χ2n) is 12.2. The number of allylic oxidation sites excluding steroid dienone is 2. The molecule has 4 aliphatic heterocycles. The molecule has 2 amide bonds. The van der Waals surface area contributed by atoms with E-state index in [1.807, 2.05) is 51.6 Å². The molecule has 2 fully saturated rings. The maximum atomic E-state index is 12.6. The van der Waals surface area contributed by atoms with Crippen molar-refractivity contribution in [2.45, 2.75) is 77.1 Å². The van der Waals surface area contributed by atoms with Gasteiger partial charge in [-0.25, -0.2) is 0 Å². The third-order valence-corrected chi connectivity index (χ3v) is 10.6. The van der Waals surface area contributed by atoms with Crippen LogP contribution >= 0.6 is 24.4 Å². The first kappa shape index (κ1) is 32.7. The minimum Gasteiger partial charge on any atom is -0.481 e. The monoisotopic (exact) mass is 652 g/mol. The lowest BCUT2D eigenvalue weighted by molar-refractivity contribution is -0.138. The molecule has 0 aliphatic carbocycles. The van der Waals surface area contributed by atoms with Gasteiger partial charge in [0, 0.05) is 70.1 Å². The van der Waals surface area contributed by atoms with E-state index in [2.05, 4.69) is 33.6 Å². The number of thioether (sulfide) groups is 1. The second kappa shape index (κ2) is 13.4. The summed E-state index contributed by atoms with van der Waals surface area (Å²) in [5.41, 5.74) is 8.39. The van der Waals surface area contributed by atoms with Crippen LogP contribution in [0.2, 0.25) is 0 Å². The molecular weight excluding hydrogens is 613 g/mol. The van der Waals surface area contributed by atoms with E-state index in [4.69, 9.17) is 0 Å². The fourth-order valence-corrected chi connectivity index (χ4v) is 7.74. The predicted molar refractivity (Wildman–Crippen MR) is 178 cm³/mol. The van der Waals surface area contributed by atoms with E-state index in [-0.39, 0.29) is 48.6 Å². The number of rotatable bonds is 12. The van der Waals surface area contributed by atoms with Crippen molar-refractivity contribution in [1.29, 1.82) is 0 Å². The first-order valence-corrected chi connectivity index (χ1v) is 16.8. The molecule has 6 N–H and O–H groups in total. The number of thiol groups is 1. The highest BCUT2D eigenvalue weighted by molar-refractivity contribution is 8.06. The summed E-state index contributed by atoms with van der Waals surface area (Å²) in [6.45, 7) is 7.82. The standard InChI is InChI=1S/C33H40N4O6S2/c1-15-19(5-7-29(38)39)25(34-22(15)11-24-17(3)21(9-10-44)33(43)36-24)13-26-20(6-8-30(40)41)16(2)23(35-26)12-27-31(28-14-45-28)18(4)32(42)37-27/h9-10,12-13,18,22,24,28,31,34-35,44H,5-8,11,14H2,1-4H3,(H,36,43)(H,37,42)(H,38,39)(H,40,41)/b10-9+,25-13-,27-12-/t18-,22?,24-,28+,31-/m1/s1. The first-order valence-electron chi connectivity index (χ1n) is 15.2. The number of aliphatic carboxylic acids is 2. The number of carbonyl (C=O) groups excluding carboxylic acids is 2. The molecule has 5 rings (SSSR count). The van der Waals surface area contributed by atoms with Crippen molar-refractivity contribution in [3.05, 3.63) is 67.7 Å². The molecule has 1 unspecified atom stereocenters. The van der Waals surface area contributed by atoms with Gasteiger partial charge in [-0.3, -0.25) is 19.2 Å². The van der Waals surface area contributed by atoms with Crippen molar-refractivity contribution in [3.63, 3.8) is 0 Å². The molecule has 2 saturated heterocycles. The van der Waals surface area contributed by atoms with Gasteiger partial charge in [0.25, 0.3) is 5.91 Å². The molecule has 240 valence electrons. The number of carbonyl (C=O) groups is 4. The maximum absolute atomic E-state index is 12.6. The van der Waals surface area contributed by atoms with Crippen LogP contribution in [-0.2, 0) is 25.6 Å². The van der Waals surface area contributed by atoms with Crippen molar-refractivity contribution >= 4 is 60.3 Å². The molecule has 1 aromatic rings. The van der Waals surface area contributed by atoms with Crippen LogP contribution in [0, 0.1) is 18.8 Å². The zero-order chi connectivity index (χ0) is 32.6. The highest BCUT2D eigenvalue weighted by Crippen LogP contribution is 2.46. The quantitative estimate of drug-likeness (QED) is 0.130. The Bertz CT molecular complexity index is 1600. The lowest BCUT2D eigenvalue weighted by atomic mass is 9.91. The van der Waals surface area contributed by atoms with E-state index in [1.165, 1.54) is 0 Å². The summed E-state index contributed by atoms with van der Waals surface area (Å²) >= 11 is 5.96. The maximum Gasteiger partial charge on any atom is 0.303 e. The lowest BCUT2D eigenvalue weighted by Crippen LogP contribution is -2.36. The first-order chi connectivity index (χ1) is 21.4. The SMILES string of the molecule is CC1=C(CCC(=O)O)/C(=C/c2[nH]c(/C=C3\NC(=O)[C@H](C)[C@H]3[C@@H]3CS3)c(C)c2CCC(=O)O)NC1C[C@H]1NC(=O)C(/C=C/S)=C1C. The van der Waals surface area contributed by atoms with E-state index in [0.29, 0.717) is 30.1 Å². The molecule has 12 heteroatoms. The smallest absolute Gasteiger partial charge is 0.303 e. The van der Waals surface area contributed by atoms with Crippen molar-refractivity contribution < 1.29 is 29.4 Å². The predicted octanol–water partition coefficient (Wildman–Crippen LogP) is 4.32. The number of aromatic amines is 1. The van der Waals surface area contributed by atoms with Crippen LogP contribution in [0.15, 0.2) is 45.2 Å². The zero-order valence-electron chi connectivity index (χ0n) is 25.8. The Balaban J connectivity index is 1.50. The summed E-state index contributed by atoms with van der Waals surface area (Å²) in [5.74, 6) is -0.912. The van der Waals surface area contributed by atoms with Gasteiger partial charge in [0.05, 0.1) is 6.04 Å². The number of carboxylic acid groups (broad SMARTS) is 2. The Kier molecular flexibility index (Phi) is 9.74. The topological polar surface area (TPSA) is 161 Å². The fraction of sp³-hybridized carbons (Fsp3) is 0.455. The van der Waals surface area contributed by atoms with Crippen molar-refractivity contribution in [2.75, 3.05) is 5.75 Å². The van der Waals surface area contributed by atoms with Crippen molar-refractivity contribution in [3.8, 4) is 0 Å².